The lowest BCUT2D eigenvalue weighted by molar-refractivity contribution is -0.141. The Bertz CT molecular complexity index is 1410. The number of carbonyl (C=O) groups is 1. The number of pyridine rings is 1. The molecule has 0 fully saturated rings. The number of hydrogen-bond acceptors (Lipinski definition) is 5. The first kappa shape index (κ1) is 25.4. The average Bonchev–Trinajstić information content (AvgIpc) is 3.48. The van der Waals surface area contributed by atoms with Crippen molar-refractivity contribution in [2.45, 2.75) is 31.6 Å². The summed E-state index contributed by atoms with van der Waals surface area (Å²) in [6.45, 7) is 1.63. The van der Waals surface area contributed by atoms with Gasteiger partial charge in [0, 0.05) is 41.4 Å². The minimum atomic E-state index is -4.67. The average molecular weight is 529 g/mol. The summed E-state index contributed by atoms with van der Waals surface area (Å²) in [6.07, 6.45) is -5.81. The highest BCUT2D eigenvalue weighted by Crippen LogP contribution is 2.33. The third kappa shape index (κ3) is 5.40. The summed E-state index contributed by atoms with van der Waals surface area (Å²) in [7, 11) is 0. The maximum atomic E-state index is 13.1. The lowest BCUT2D eigenvalue weighted by Gasteiger charge is -2.14. The number of nitrogens with zero attached hydrogens (tertiary/aromatic N) is 6. The Kier molecular flexibility index (Phi) is 6.60. The van der Waals surface area contributed by atoms with Crippen LogP contribution < -0.4 is 0 Å². The first-order valence-electron chi connectivity index (χ1n) is 10.2. The summed E-state index contributed by atoms with van der Waals surface area (Å²) in [4.78, 5) is 21.0. The minimum absolute atomic E-state index is 0.186. The van der Waals surface area contributed by atoms with E-state index >= 15 is 0 Å². The molecular weight excluding hydrogens is 514 g/mol. The highest BCUT2D eigenvalue weighted by atomic mass is 35.5. The van der Waals surface area contributed by atoms with Crippen LogP contribution >= 0.6 is 11.6 Å². The number of benzene rings is 1. The second-order valence-electron chi connectivity index (χ2n) is 7.80. The van der Waals surface area contributed by atoms with E-state index in [2.05, 4.69) is 20.2 Å². The van der Waals surface area contributed by atoms with Gasteiger partial charge in [-0.15, -0.1) is 0 Å². The first-order chi connectivity index (χ1) is 16.8. The van der Waals surface area contributed by atoms with Crippen molar-refractivity contribution < 1.29 is 31.1 Å². The molecule has 0 saturated heterocycles. The Morgan fingerprint density at radius 1 is 1.03 bits per heavy atom. The van der Waals surface area contributed by atoms with Crippen LogP contribution in [0.5, 0.6) is 0 Å². The molecule has 0 N–H and O–H groups in total. The van der Waals surface area contributed by atoms with Gasteiger partial charge in [0.2, 0.25) is 0 Å². The topological polar surface area (TPSA) is 78.5 Å². The smallest absolute Gasteiger partial charge is 0.294 e. The molecule has 14 heteroatoms. The standard InChI is InChI=1S/C22H15ClF6N6O/c1-12(6-17(36)13-7-14(21(24,25)26)9-15(23)8-13)20-31-11-32-35(20)19-10-16(2-4-30-19)34-5-3-18(33-34)22(27,28)29/h2-5,7-12H,6H2,1H3/t12-/m1/s1. The number of hydrogen-bond donors (Lipinski definition) is 0. The molecule has 0 bridgehead atoms. The molecule has 0 saturated carbocycles. The molecule has 36 heavy (non-hydrogen) atoms. The molecule has 3 heterocycles. The lowest BCUT2D eigenvalue weighted by Crippen LogP contribution is -2.13. The van der Waals surface area contributed by atoms with Crippen LogP contribution in [0.3, 0.4) is 0 Å². The van der Waals surface area contributed by atoms with Crippen molar-refractivity contribution in [3.63, 3.8) is 0 Å². The SMILES string of the molecule is C[C@H](CC(=O)c1cc(Cl)cc(C(F)(F)F)c1)c1ncnn1-c1cc(-n2ccc(C(F)(F)F)n2)ccn1. The van der Waals surface area contributed by atoms with Crippen LogP contribution in [0.4, 0.5) is 26.3 Å². The van der Waals surface area contributed by atoms with Crippen molar-refractivity contribution in [2.75, 3.05) is 0 Å². The van der Waals surface area contributed by atoms with Crippen LogP contribution in [0.25, 0.3) is 11.5 Å². The van der Waals surface area contributed by atoms with E-state index in [1.807, 2.05) is 0 Å². The Balaban J connectivity index is 1.58. The number of rotatable bonds is 6. The summed E-state index contributed by atoms with van der Waals surface area (Å²) >= 11 is 5.78. The molecule has 1 atom stereocenters. The number of ketones is 1. The molecule has 0 aliphatic heterocycles. The summed E-state index contributed by atoms with van der Waals surface area (Å²) in [5, 5.41) is 7.37. The van der Waals surface area contributed by atoms with E-state index in [0.29, 0.717) is 0 Å². The van der Waals surface area contributed by atoms with Crippen LogP contribution in [0, 0.1) is 0 Å². The predicted octanol–water partition coefficient (Wildman–Crippen LogP) is 5.92. The molecule has 7 nitrogen and oxygen atoms in total. The predicted molar refractivity (Wildman–Crippen MR) is 115 cm³/mol. The Morgan fingerprint density at radius 3 is 2.44 bits per heavy atom. The van der Waals surface area contributed by atoms with Crippen LogP contribution in [-0.4, -0.2) is 35.3 Å². The molecule has 4 rings (SSSR count). The van der Waals surface area contributed by atoms with Crippen LogP contribution in [0.1, 0.15) is 46.7 Å². The largest absolute Gasteiger partial charge is 0.435 e. The molecule has 4 aromatic rings. The zero-order chi connectivity index (χ0) is 26.3. The minimum Gasteiger partial charge on any atom is -0.294 e. The molecule has 0 radical (unpaired) electrons. The van der Waals surface area contributed by atoms with Gasteiger partial charge in [-0.05, 0) is 30.3 Å². The van der Waals surface area contributed by atoms with Gasteiger partial charge in [-0.25, -0.2) is 14.6 Å². The van der Waals surface area contributed by atoms with E-state index in [9.17, 15) is 31.1 Å². The molecule has 0 aliphatic rings. The second kappa shape index (κ2) is 9.37. The van der Waals surface area contributed by atoms with Gasteiger partial charge in [0.15, 0.2) is 17.3 Å². The second-order valence-corrected chi connectivity index (χ2v) is 8.24. The van der Waals surface area contributed by atoms with Gasteiger partial charge in [-0.2, -0.15) is 41.2 Å². The van der Waals surface area contributed by atoms with Crippen molar-refractivity contribution >= 4 is 17.4 Å². The summed E-state index contributed by atoms with van der Waals surface area (Å²) < 4.78 is 80.3. The number of halogens is 7. The molecule has 188 valence electrons. The van der Waals surface area contributed by atoms with Gasteiger partial charge in [-0.1, -0.05) is 18.5 Å². The molecule has 0 amide bonds. The van der Waals surface area contributed by atoms with Gasteiger partial charge in [0.25, 0.3) is 0 Å². The van der Waals surface area contributed by atoms with E-state index < -0.39 is 35.3 Å². The van der Waals surface area contributed by atoms with Crippen molar-refractivity contribution in [3.8, 4) is 11.5 Å². The highest BCUT2D eigenvalue weighted by molar-refractivity contribution is 6.31. The fraction of sp³-hybridized carbons (Fsp3) is 0.227. The molecule has 0 aliphatic carbocycles. The quantitative estimate of drug-likeness (QED) is 0.229. The molecule has 1 aromatic carbocycles. The van der Waals surface area contributed by atoms with Crippen molar-refractivity contribution in [2.24, 2.45) is 0 Å². The maximum absolute atomic E-state index is 13.1. The van der Waals surface area contributed by atoms with E-state index in [4.69, 9.17) is 11.6 Å². The number of aromatic nitrogens is 6. The monoisotopic (exact) mass is 528 g/mol. The molecule has 0 unspecified atom stereocenters. The lowest BCUT2D eigenvalue weighted by atomic mass is 9.97. The molecule has 0 spiro atoms. The van der Waals surface area contributed by atoms with Gasteiger partial charge in [0.05, 0.1) is 11.3 Å². The Labute approximate surface area is 204 Å². The molecular formula is C22H15ClF6N6O. The highest BCUT2D eigenvalue weighted by Gasteiger charge is 2.34. The maximum Gasteiger partial charge on any atom is 0.435 e. The number of Topliss-reactive ketones (excluding diaryl/α,β-unsaturated/α-hetero) is 1. The number of carbonyl (C=O) groups excluding carboxylic acids is 1. The fourth-order valence-corrected chi connectivity index (χ4v) is 3.68. The van der Waals surface area contributed by atoms with Crippen LogP contribution in [-0.2, 0) is 12.4 Å². The van der Waals surface area contributed by atoms with E-state index in [1.165, 1.54) is 29.3 Å². The van der Waals surface area contributed by atoms with E-state index in [0.717, 1.165) is 35.1 Å². The van der Waals surface area contributed by atoms with Gasteiger partial charge in [0.1, 0.15) is 12.2 Å². The van der Waals surface area contributed by atoms with E-state index in [1.54, 1.807) is 6.92 Å². The van der Waals surface area contributed by atoms with Gasteiger partial charge >= 0.3 is 12.4 Å². The summed E-state index contributed by atoms with van der Waals surface area (Å²) in [5.41, 5.74) is -2.04. The van der Waals surface area contributed by atoms with Crippen LogP contribution in [0.2, 0.25) is 5.02 Å². The third-order valence-corrected chi connectivity index (χ3v) is 5.36. The van der Waals surface area contributed by atoms with Crippen molar-refractivity contribution in [3.05, 3.63) is 82.8 Å². The first-order valence-corrected chi connectivity index (χ1v) is 10.6. The normalized spacial score (nSPS) is 13.1. The zero-order valence-electron chi connectivity index (χ0n) is 18.2. The summed E-state index contributed by atoms with van der Waals surface area (Å²) in [6, 6.07) is 6.31. The van der Waals surface area contributed by atoms with Gasteiger partial charge in [-0.3, -0.25) is 4.79 Å². The Hall–Kier alpha value is -3.74. The molecule has 3 aromatic heterocycles. The number of alkyl halides is 6. The van der Waals surface area contributed by atoms with E-state index in [-0.39, 0.29) is 34.3 Å². The summed E-state index contributed by atoms with van der Waals surface area (Å²) in [5.74, 6) is -0.753. The zero-order valence-corrected chi connectivity index (χ0v) is 19.0. The van der Waals surface area contributed by atoms with Crippen molar-refractivity contribution in [1.82, 2.24) is 29.5 Å². The van der Waals surface area contributed by atoms with Crippen LogP contribution in [0.15, 0.2) is 55.1 Å². The fourth-order valence-electron chi connectivity index (χ4n) is 3.45. The Morgan fingerprint density at radius 2 is 1.78 bits per heavy atom. The van der Waals surface area contributed by atoms with Crippen molar-refractivity contribution in [1.29, 1.82) is 0 Å². The van der Waals surface area contributed by atoms with Gasteiger partial charge < -0.3 is 0 Å². The third-order valence-electron chi connectivity index (χ3n) is 5.14.